The third kappa shape index (κ3) is 2.04. The monoisotopic (exact) mass is 280 g/mol. The van der Waals surface area contributed by atoms with Gasteiger partial charge in [-0.25, -0.2) is 13.4 Å². The molecule has 1 fully saturated rings. The van der Waals surface area contributed by atoms with Crippen LogP contribution in [-0.4, -0.2) is 31.2 Å². The molecule has 0 spiro atoms. The summed E-state index contributed by atoms with van der Waals surface area (Å²) >= 11 is 0. The highest BCUT2D eigenvalue weighted by atomic mass is 32.2. The third-order valence-corrected chi connectivity index (χ3v) is 4.72. The Morgan fingerprint density at radius 1 is 1.42 bits per heavy atom. The van der Waals surface area contributed by atoms with E-state index in [4.69, 9.17) is 4.74 Å². The van der Waals surface area contributed by atoms with E-state index in [1.807, 2.05) is 13.0 Å². The van der Waals surface area contributed by atoms with Crippen LogP contribution in [0.2, 0.25) is 0 Å². The van der Waals surface area contributed by atoms with E-state index in [0.717, 1.165) is 18.4 Å². The van der Waals surface area contributed by atoms with E-state index in [2.05, 4.69) is 9.97 Å². The van der Waals surface area contributed by atoms with Crippen molar-refractivity contribution in [2.24, 2.45) is 0 Å². The van der Waals surface area contributed by atoms with Gasteiger partial charge < -0.3 is 9.72 Å². The molecule has 0 bridgehead atoms. The average molecular weight is 280 g/mol. The summed E-state index contributed by atoms with van der Waals surface area (Å²) in [4.78, 5) is 7.92. The number of hydrogen-bond donors (Lipinski definition) is 1. The molecule has 1 aliphatic rings. The van der Waals surface area contributed by atoms with Gasteiger partial charge in [0, 0.05) is 12.9 Å². The fourth-order valence-corrected chi connectivity index (χ4v) is 3.35. The van der Waals surface area contributed by atoms with Crippen LogP contribution in [0.3, 0.4) is 0 Å². The van der Waals surface area contributed by atoms with Gasteiger partial charge in [0.25, 0.3) is 0 Å². The lowest BCUT2D eigenvalue weighted by Crippen LogP contribution is -2.21. The van der Waals surface area contributed by atoms with E-state index in [-0.39, 0.29) is 4.90 Å². The second kappa shape index (κ2) is 4.05. The van der Waals surface area contributed by atoms with E-state index in [1.54, 1.807) is 12.1 Å². The SMILES string of the molecule is CC1(c2nc3c(S(C)(=O)=O)cccc3[nH]2)CCCO1. The van der Waals surface area contributed by atoms with Crippen LogP contribution in [0, 0.1) is 0 Å². The normalized spacial score (nSPS) is 24.1. The smallest absolute Gasteiger partial charge is 0.177 e. The number of nitrogens with one attached hydrogen (secondary N) is 1. The molecule has 1 aliphatic heterocycles. The Labute approximate surface area is 111 Å². The number of fused-ring (bicyclic) bond motifs is 1. The molecule has 102 valence electrons. The first kappa shape index (κ1) is 12.6. The van der Waals surface area contributed by atoms with Gasteiger partial charge in [0.05, 0.1) is 10.4 Å². The van der Waals surface area contributed by atoms with Crippen LogP contribution in [0.25, 0.3) is 11.0 Å². The molecule has 0 radical (unpaired) electrons. The van der Waals surface area contributed by atoms with Crippen molar-refractivity contribution < 1.29 is 13.2 Å². The molecule has 1 saturated heterocycles. The number of benzene rings is 1. The van der Waals surface area contributed by atoms with Gasteiger partial charge in [-0.2, -0.15) is 0 Å². The molecule has 2 heterocycles. The second-order valence-corrected chi connectivity index (χ2v) is 7.18. The quantitative estimate of drug-likeness (QED) is 0.913. The Bertz CT molecular complexity index is 727. The molecule has 5 nitrogen and oxygen atoms in total. The Morgan fingerprint density at radius 3 is 2.84 bits per heavy atom. The summed E-state index contributed by atoms with van der Waals surface area (Å²) in [7, 11) is -3.28. The van der Waals surface area contributed by atoms with Crippen LogP contribution in [-0.2, 0) is 20.2 Å². The maximum atomic E-state index is 11.8. The highest BCUT2D eigenvalue weighted by Crippen LogP contribution is 2.35. The van der Waals surface area contributed by atoms with Gasteiger partial charge in [-0.15, -0.1) is 0 Å². The number of aromatic nitrogens is 2. The van der Waals surface area contributed by atoms with E-state index in [9.17, 15) is 8.42 Å². The maximum Gasteiger partial charge on any atom is 0.177 e. The molecule has 0 amide bonds. The molecule has 3 rings (SSSR count). The van der Waals surface area contributed by atoms with Crippen molar-refractivity contribution in [2.75, 3.05) is 12.9 Å². The van der Waals surface area contributed by atoms with E-state index >= 15 is 0 Å². The molecule has 0 saturated carbocycles. The number of sulfone groups is 1. The minimum atomic E-state index is -3.28. The number of ether oxygens (including phenoxy) is 1. The van der Waals surface area contributed by atoms with Gasteiger partial charge in [-0.05, 0) is 31.9 Å². The molecule has 1 atom stereocenters. The number of rotatable bonds is 2. The fourth-order valence-electron chi connectivity index (χ4n) is 2.52. The molecular formula is C13H16N2O3S. The molecule has 19 heavy (non-hydrogen) atoms. The van der Waals surface area contributed by atoms with Gasteiger partial charge >= 0.3 is 0 Å². The van der Waals surface area contributed by atoms with Crippen molar-refractivity contribution >= 4 is 20.9 Å². The molecule has 1 aromatic heterocycles. The zero-order valence-corrected chi connectivity index (χ0v) is 11.8. The number of hydrogen-bond acceptors (Lipinski definition) is 4. The molecule has 6 heteroatoms. The van der Waals surface area contributed by atoms with E-state index in [1.165, 1.54) is 6.26 Å². The van der Waals surface area contributed by atoms with Crippen molar-refractivity contribution in [2.45, 2.75) is 30.3 Å². The fraction of sp³-hybridized carbons (Fsp3) is 0.462. The summed E-state index contributed by atoms with van der Waals surface area (Å²) < 4.78 is 29.3. The second-order valence-electron chi connectivity index (χ2n) is 5.19. The van der Waals surface area contributed by atoms with Gasteiger partial charge in [-0.1, -0.05) is 6.07 Å². The number of aromatic amines is 1. The molecular weight excluding hydrogens is 264 g/mol. The molecule has 2 aromatic rings. The van der Waals surface area contributed by atoms with Crippen molar-refractivity contribution in [1.82, 2.24) is 9.97 Å². The first-order valence-corrected chi connectivity index (χ1v) is 8.12. The first-order chi connectivity index (χ1) is 8.90. The van der Waals surface area contributed by atoms with Crippen LogP contribution >= 0.6 is 0 Å². The average Bonchev–Trinajstić information content (AvgIpc) is 2.93. The maximum absolute atomic E-state index is 11.8. The van der Waals surface area contributed by atoms with Crippen molar-refractivity contribution in [3.63, 3.8) is 0 Å². The highest BCUT2D eigenvalue weighted by molar-refractivity contribution is 7.91. The molecule has 1 unspecified atom stereocenters. The summed E-state index contributed by atoms with van der Waals surface area (Å²) in [5, 5.41) is 0. The Balaban J connectivity index is 2.21. The van der Waals surface area contributed by atoms with Crippen molar-refractivity contribution in [1.29, 1.82) is 0 Å². The lowest BCUT2D eigenvalue weighted by molar-refractivity contribution is 0.0103. The summed E-state index contributed by atoms with van der Waals surface area (Å²) in [6, 6.07) is 5.14. The van der Waals surface area contributed by atoms with Gasteiger partial charge in [0.15, 0.2) is 9.84 Å². The zero-order chi connectivity index (χ0) is 13.7. The van der Waals surface area contributed by atoms with E-state index < -0.39 is 15.4 Å². The zero-order valence-electron chi connectivity index (χ0n) is 10.9. The number of para-hydroxylation sites is 1. The third-order valence-electron chi connectivity index (χ3n) is 3.59. The summed E-state index contributed by atoms with van der Waals surface area (Å²) in [6.45, 7) is 2.70. The van der Waals surface area contributed by atoms with Crippen molar-refractivity contribution in [3.05, 3.63) is 24.0 Å². The molecule has 1 aromatic carbocycles. The van der Waals surface area contributed by atoms with Gasteiger partial charge in [0.1, 0.15) is 16.9 Å². The van der Waals surface area contributed by atoms with Crippen LogP contribution in [0.15, 0.2) is 23.1 Å². The number of nitrogens with zero attached hydrogens (tertiary/aromatic N) is 1. The topological polar surface area (TPSA) is 72.0 Å². The number of imidazole rings is 1. The van der Waals surface area contributed by atoms with Crippen LogP contribution in [0.4, 0.5) is 0 Å². The first-order valence-electron chi connectivity index (χ1n) is 6.23. The predicted octanol–water partition coefficient (Wildman–Crippen LogP) is 1.99. The summed E-state index contributed by atoms with van der Waals surface area (Å²) in [5.41, 5.74) is 0.791. The van der Waals surface area contributed by atoms with Gasteiger partial charge in [0.2, 0.25) is 0 Å². The lowest BCUT2D eigenvalue weighted by atomic mass is 10.0. The van der Waals surface area contributed by atoms with Crippen molar-refractivity contribution in [3.8, 4) is 0 Å². The molecule has 1 N–H and O–H groups in total. The Hall–Kier alpha value is -1.40. The van der Waals surface area contributed by atoms with Crippen LogP contribution in [0.1, 0.15) is 25.6 Å². The standard InChI is InChI=1S/C13H16N2O3S/c1-13(7-4-8-18-13)12-14-9-5-3-6-10(11(9)15-12)19(2,16)17/h3,5-6H,4,7-8H2,1-2H3,(H,14,15). The predicted molar refractivity (Wildman–Crippen MR) is 71.7 cm³/mol. The van der Waals surface area contributed by atoms with Crippen LogP contribution in [0.5, 0.6) is 0 Å². The highest BCUT2D eigenvalue weighted by Gasteiger charge is 2.35. The largest absolute Gasteiger partial charge is 0.367 e. The number of H-pyrrole nitrogens is 1. The van der Waals surface area contributed by atoms with Crippen LogP contribution < -0.4 is 0 Å². The van der Waals surface area contributed by atoms with E-state index in [0.29, 0.717) is 17.9 Å². The molecule has 0 aliphatic carbocycles. The lowest BCUT2D eigenvalue weighted by Gasteiger charge is -2.19. The minimum absolute atomic E-state index is 0.258. The Morgan fingerprint density at radius 2 is 2.21 bits per heavy atom. The summed E-state index contributed by atoms with van der Waals surface area (Å²) in [6.07, 6.45) is 3.08. The Kier molecular flexibility index (Phi) is 2.69. The van der Waals surface area contributed by atoms with Gasteiger partial charge in [-0.3, -0.25) is 0 Å². The summed E-state index contributed by atoms with van der Waals surface area (Å²) in [5.74, 6) is 0.705. The minimum Gasteiger partial charge on any atom is -0.367 e.